The molecule has 0 radical (unpaired) electrons. The summed E-state index contributed by atoms with van der Waals surface area (Å²) in [5.41, 5.74) is 0. The Bertz CT molecular complexity index is 128. The van der Waals surface area contributed by atoms with Crippen molar-refractivity contribution in [1.82, 2.24) is 0 Å². The second kappa shape index (κ2) is 7.37. The highest BCUT2D eigenvalue weighted by Gasteiger charge is 2.21. The number of carbonyl (C=O) groups excluding carboxylic acids is 1. The lowest BCUT2D eigenvalue weighted by atomic mass is 10.0. The van der Waals surface area contributed by atoms with Gasteiger partial charge in [-0.1, -0.05) is 13.8 Å². The van der Waals surface area contributed by atoms with Gasteiger partial charge in [-0.15, -0.1) is 0 Å². The molecule has 0 aliphatic rings. The van der Waals surface area contributed by atoms with E-state index >= 15 is 0 Å². The second-order valence-electron chi connectivity index (χ2n) is 3.09. The monoisotopic (exact) mass is 195 g/mol. The van der Waals surface area contributed by atoms with E-state index in [1.54, 1.807) is 0 Å². The smallest absolute Gasteiger partial charge is 0.364 e. The average Bonchev–Trinajstić information content (AvgIpc) is 1.98. The number of ether oxygens (including phenoxy) is 1. The highest BCUT2D eigenvalue weighted by molar-refractivity contribution is 5.73. The number of rotatable bonds is 4. The normalized spacial score (nSPS) is 12.1. The zero-order chi connectivity index (χ0) is 8.85. The average molecular weight is 196 g/mol. The lowest BCUT2D eigenvalue weighted by Gasteiger charge is -2.12. The Morgan fingerprint density at radius 2 is 2.00 bits per heavy atom. The molecule has 0 spiro atoms. The third-order valence-corrected chi connectivity index (χ3v) is 1.63. The van der Waals surface area contributed by atoms with Gasteiger partial charge in [-0.3, -0.25) is 0 Å². The molecule has 0 aromatic rings. The predicted molar refractivity (Wildman–Crippen MR) is 43.1 cm³/mol. The molecule has 0 heterocycles. The Morgan fingerprint density at radius 3 is 2.25 bits per heavy atom. The van der Waals surface area contributed by atoms with Gasteiger partial charge in [-0.2, -0.15) is 0 Å². The first kappa shape index (κ1) is 14.3. The molecule has 0 rings (SSSR count). The van der Waals surface area contributed by atoms with Crippen molar-refractivity contribution in [1.29, 1.82) is 0 Å². The molecule has 0 bridgehead atoms. The van der Waals surface area contributed by atoms with Crippen LogP contribution in [0, 0.1) is 5.92 Å². The van der Waals surface area contributed by atoms with Crippen LogP contribution in [0.15, 0.2) is 0 Å². The summed E-state index contributed by atoms with van der Waals surface area (Å²) in [6.07, 6.45) is 0.878. The Labute approximate surface area is 80.3 Å². The predicted octanol–water partition coefficient (Wildman–Crippen LogP) is -3.23. The SMILES string of the molecule is C[NH2+][C@@H](CC(C)C)C(=O)OC.[Cl-]. The molecule has 3 nitrogen and oxygen atoms in total. The molecule has 74 valence electrons. The maximum absolute atomic E-state index is 11.0. The zero-order valence-corrected chi connectivity index (χ0v) is 8.89. The van der Waals surface area contributed by atoms with Gasteiger partial charge in [0.2, 0.25) is 0 Å². The van der Waals surface area contributed by atoms with Crippen LogP contribution >= 0.6 is 0 Å². The summed E-state index contributed by atoms with van der Waals surface area (Å²) in [6, 6.07) is -0.0278. The number of quaternary nitrogens is 1. The highest BCUT2D eigenvalue weighted by Crippen LogP contribution is 2.02. The van der Waals surface area contributed by atoms with E-state index in [-0.39, 0.29) is 24.4 Å². The Kier molecular flexibility index (Phi) is 8.76. The van der Waals surface area contributed by atoms with Crippen molar-refractivity contribution in [3.8, 4) is 0 Å². The number of halogens is 1. The van der Waals surface area contributed by atoms with E-state index in [9.17, 15) is 4.79 Å². The molecule has 0 saturated carbocycles. The van der Waals surface area contributed by atoms with Gasteiger partial charge < -0.3 is 22.5 Å². The molecule has 2 N–H and O–H groups in total. The maximum atomic E-state index is 11.0. The molecule has 0 saturated heterocycles. The molecule has 0 aromatic carbocycles. The van der Waals surface area contributed by atoms with E-state index in [0.29, 0.717) is 5.92 Å². The minimum Gasteiger partial charge on any atom is -1.00 e. The van der Waals surface area contributed by atoms with Crippen LogP contribution in [-0.2, 0) is 9.53 Å². The summed E-state index contributed by atoms with van der Waals surface area (Å²) < 4.78 is 4.63. The topological polar surface area (TPSA) is 42.9 Å². The number of hydrogen-bond acceptors (Lipinski definition) is 2. The number of hydrogen-bond donors (Lipinski definition) is 1. The quantitative estimate of drug-likeness (QED) is 0.480. The minimum atomic E-state index is -0.124. The summed E-state index contributed by atoms with van der Waals surface area (Å²) in [5, 5.41) is 1.89. The third-order valence-electron chi connectivity index (χ3n) is 1.63. The van der Waals surface area contributed by atoms with Crippen molar-refractivity contribution in [2.24, 2.45) is 5.92 Å². The summed E-state index contributed by atoms with van der Waals surface area (Å²) in [7, 11) is 3.32. The largest absolute Gasteiger partial charge is 1.00 e. The highest BCUT2D eigenvalue weighted by atomic mass is 35.5. The van der Waals surface area contributed by atoms with E-state index in [2.05, 4.69) is 18.6 Å². The van der Waals surface area contributed by atoms with Crippen molar-refractivity contribution in [3.63, 3.8) is 0 Å². The Morgan fingerprint density at radius 1 is 1.50 bits per heavy atom. The first-order valence-electron chi connectivity index (χ1n) is 3.99. The van der Waals surface area contributed by atoms with E-state index < -0.39 is 0 Å². The first-order valence-corrected chi connectivity index (χ1v) is 3.99. The molecule has 0 fully saturated rings. The maximum Gasteiger partial charge on any atom is 0.364 e. The van der Waals surface area contributed by atoms with Gasteiger partial charge in [0, 0.05) is 6.42 Å². The second-order valence-corrected chi connectivity index (χ2v) is 3.09. The van der Waals surface area contributed by atoms with Crippen molar-refractivity contribution < 1.29 is 27.3 Å². The molecular formula is C8H18ClNO2. The third kappa shape index (κ3) is 5.38. The van der Waals surface area contributed by atoms with Crippen LogP contribution in [0.1, 0.15) is 20.3 Å². The molecule has 0 aliphatic heterocycles. The van der Waals surface area contributed by atoms with Gasteiger partial charge in [-0.05, 0) is 5.92 Å². The van der Waals surface area contributed by atoms with Gasteiger partial charge in [-0.25, -0.2) is 4.79 Å². The molecule has 0 amide bonds. The van der Waals surface area contributed by atoms with Crippen LogP contribution in [0.2, 0.25) is 0 Å². The Hall–Kier alpha value is -0.280. The van der Waals surface area contributed by atoms with Gasteiger partial charge >= 0.3 is 5.97 Å². The first-order chi connectivity index (χ1) is 5.11. The molecule has 4 heteroatoms. The van der Waals surface area contributed by atoms with Crippen molar-refractivity contribution >= 4 is 5.97 Å². The number of esters is 1. The van der Waals surface area contributed by atoms with Crippen molar-refractivity contribution in [3.05, 3.63) is 0 Å². The van der Waals surface area contributed by atoms with E-state index in [0.717, 1.165) is 6.42 Å². The lowest BCUT2D eigenvalue weighted by molar-refractivity contribution is -0.653. The van der Waals surface area contributed by atoms with Gasteiger partial charge in [0.15, 0.2) is 6.04 Å². The number of likely N-dealkylation sites (N-methyl/N-ethyl adjacent to an activating group) is 1. The lowest BCUT2D eigenvalue weighted by Crippen LogP contribution is -3.00. The van der Waals surface area contributed by atoms with Crippen molar-refractivity contribution in [2.75, 3.05) is 14.2 Å². The Balaban J connectivity index is 0. The summed E-state index contributed by atoms with van der Waals surface area (Å²) >= 11 is 0. The number of carbonyl (C=O) groups is 1. The van der Waals surface area contributed by atoms with E-state index in [4.69, 9.17) is 0 Å². The standard InChI is InChI=1S/C8H17NO2.ClH/c1-6(2)5-7(9-3)8(10)11-4;/h6-7,9H,5H2,1-4H3;1H/t7-;/m0./s1. The van der Waals surface area contributed by atoms with Crippen molar-refractivity contribution in [2.45, 2.75) is 26.3 Å². The molecule has 0 unspecified atom stereocenters. The molecule has 1 atom stereocenters. The van der Waals surface area contributed by atoms with Crippen LogP contribution in [0.3, 0.4) is 0 Å². The van der Waals surface area contributed by atoms with Crippen LogP contribution in [-0.4, -0.2) is 26.2 Å². The summed E-state index contributed by atoms with van der Waals surface area (Å²) in [6.45, 7) is 4.19. The van der Waals surface area contributed by atoms with Gasteiger partial charge in [0.05, 0.1) is 14.2 Å². The van der Waals surface area contributed by atoms with Crippen LogP contribution < -0.4 is 17.7 Å². The molecule has 12 heavy (non-hydrogen) atoms. The van der Waals surface area contributed by atoms with E-state index in [1.165, 1.54) is 7.11 Å². The summed E-state index contributed by atoms with van der Waals surface area (Å²) in [5.74, 6) is 0.413. The minimum absolute atomic E-state index is 0. The van der Waals surface area contributed by atoms with Crippen LogP contribution in [0.5, 0.6) is 0 Å². The summed E-state index contributed by atoms with van der Waals surface area (Å²) in [4.78, 5) is 11.0. The van der Waals surface area contributed by atoms with Crippen LogP contribution in [0.4, 0.5) is 0 Å². The van der Waals surface area contributed by atoms with Gasteiger partial charge in [0.1, 0.15) is 0 Å². The fourth-order valence-electron chi connectivity index (χ4n) is 1.03. The van der Waals surface area contributed by atoms with Gasteiger partial charge in [0.25, 0.3) is 0 Å². The fraction of sp³-hybridized carbons (Fsp3) is 0.875. The fourth-order valence-corrected chi connectivity index (χ4v) is 1.03. The molecular weight excluding hydrogens is 178 g/mol. The van der Waals surface area contributed by atoms with E-state index in [1.807, 2.05) is 12.4 Å². The number of methoxy groups -OCH3 is 1. The molecule has 0 aliphatic carbocycles. The zero-order valence-electron chi connectivity index (χ0n) is 8.13. The number of nitrogens with two attached hydrogens (primary N) is 1. The van der Waals surface area contributed by atoms with Crippen LogP contribution in [0.25, 0.3) is 0 Å². The molecule has 0 aromatic heterocycles.